The Hall–Kier alpha value is -1.10. The molecule has 0 radical (unpaired) electrons. The second-order valence-electron chi connectivity index (χ2n) is 4.24. The van der Waals surface area contributed by atoms with Gasteiger partial charge in [0.25, 0.3) is 0 Å². The maximum Gasteiger partial charge on any atom is 0.414 e. The second kappa shape index (κ2) is 5.11. The maximum atomic E-state index is 9.10. The number of carboxylic acid groups (broad SMARTS) is 2. The van der Waals surface area contributed by atoms with E-state index in [-0.39, 0.29) is 0 Å². The number of nitrogens with one attached hydrogen (secondary N) is 1. The Morgan fingerprint density at radius 3 is 1.87 bits per heavy atom. The zero-order valence-electron chi connectivity index (χ0n) is 8.66. The van der Waals surface area contributed by atoms with Gasteiger partial charge in [0.15, 0.2) is 0 Å². The van der Waals surface area contributed by atoms with Crippen molar-refractivity contribution < 1.29 is 19.8 Å². The van der Waals surface area contributed by atoms with Crippen LogP contribution in [0.4, 0.5) is 0 Å². The van der Waals surface area contributed by atoms with Crippen LogP contribution in [0, 0.1) is 5.41 Å². The zero-order valence-corrected chi connectivity index (χ0v) is 8.66. The minimum atomic E-state index is -1.82. The van der Waals surface area contributed by atoms with Crippen LogP contribution in [0.1, 0.15) is 32.1 Å². The van der Waals surface area contributed by atoms with Crippen LogP contribution in [0.25, 0.3) is 0 Å². The van der Waals surface area contributed by atoms with Crippen LogP contribution in [0.3, 0.4) is 0 Å². The van der Waals surface area contributed by atoms with Gasteiger partial charge in [-0.05, 0) is 31.2 Å². The highest BCUT2D eigenvalue weighted by Crippen LogP contribution is 2.42. The smallest absolute Gasteiger partial charge is 0.414 e. The predicted molar refractivity (Wildman–Crippen MR) is 53.7 cm³/mol. The molecule has 0 aromatic carbocycles. The topological polar surface area (TPSA) is 86.6 Å². The van der Waals surface area contributed by atoms with Gasteiger partial charge in [0, 0.05) is 6.54 Å². The molecule has 1 heterocycles. The van der Waals surface area contributed by atoms with Crippen LogP contribution in [-0.2, 0) is 9.59 Å². The van der Waals surface area contributed by atoms with Gasteiger partial charge in [-0.25, -0.2) is 9.59 Å². The van der Waals surface area contributed by atoms with E-state index in [9.17, 15) is 0 Å². The predicted octanol–water partition coefficient (Wildman–Crippen LogP) is 0.696. The third kappa shape index (κ3) is 3.51. The van der Waals surface area contributed by atoms with Crippen molar-refractivity contribution in [2.24, 2.45) is 5.41 Å². The summed E-state index contributed by atoms with van der Waals surface area (Å²) in [4.78, 5) is 18.2. The van der Waals surface area contributed by atoms with Crippen LogP contribution in [-0.4, -0.2) is 35.2 Å². The first-order valence-corrected chi connectivity index (χ1v) is 5.23. The van der Waals surface area contributed by atoms with Gasteiger partial charge in [0.1, 0.15) is 0 Å². The lowest BCUT2D eigenvalue weighted by atomic mass is 9.86. The Morgan fingerprint density at radius 2 is 1.53 bits per heavy atom. The van der Waals surface area contributed by atoms with Crippen LogP contribution in [0.2, 0.25) is 0 Å². The van der Waals surface area contributed by atoms with Crippen molar-refractivity contribution in [3.05, 3.63) is 0 Å². The Labute approximate surface area is 88.5 Å². The maximum absolute atomic E-state index is 9.10. The van der Waals surface area contributed by atoms with E-state index < -0.39 is 11.9 Å². The average Bonchev–Trinajstić information content (AvgIpc) is 2.81. The molecule has 1 aliphatic heterocycles. The third-order valence-corrected chi connectivity index (χ3v) is 3.18. The molecule has 1 saturated carbocycles. The van der Waals surface area contributed by atoms with Gasteiger partial charge in [0.05, 0.1) is 0 Å². The molecule has 5 nitrogen and oxygen atoms in total. The van der Waals surface area contributed by atoms with E-state index in [0.717, 1.165) is 5.41 Å². The number of hydrogen-bond donors (Lipinski definition) is 3. The molecular weight excluding hydrogens is 198 g/mol. The molecule has 0 aromatic rings. The summed E-state index contributed by atoms with van der Waals surface area (Å²) < 4.78 is 0. The highest BCUT2D eigenvalue weighted by Gasteiger charge is 2.35. The molecule has 2 fully saturated rings. The lowest BCUT2D eigenvalue weighted by Gasteiger charge is -2.19. The van der Waals surface area contributed by atoms with Crippen molar-refractivity contribution in [1.82, 2.24) is 5.32 Å². The van der Waals surface area contributed by atoms with Crippen LogP contribution in [0.5, 0.6) is 0 Å². The SMILES string of the molecule is C1CCC2(C1)CCNC2.O=C(O)C(=O)O. The second-order valence-corrected chi connectivity index (χ2v) is 4.24. The fourth-order valence-electron chi connectivity index (χ4n) is 2.35. The molecule has 0 bridgehead atoms. The van der Waals surface area contributed by atoms with Crippen molar-refractivity contribution in [2.45, 2.75) is 32.1 Å². The van der Waals surface area contributed by atoms with E-state index in [1.54, 1.807) is 0 Å². The largest absolute Gasteiger partial charge is 0.473 e. The lowest BCUT2D eigenvalue weighted by molar-refractivity contribution is -0.159. The summed E-state index contributed by atoms with van der Waals surface area (Å²) in [5.74, 6) is -3.65. The first kappa shape index (κ1) is 12.0. The van der Waals surface area contributed by atoms with Crippen molar-refractivity contribution in [2.75, 3.05) is 13.1 Å². The van der Waals surface area contributed by atoms with Crippen LogP contribution < -0.4 is 5.32 Å². The van der Waals surface area contributed by atoms with Crippen molar-refractivity contribution >= 4 is 11.9 Å². The third-order valence-electron chi connectivity index (χ3n) is 3.18. The van der Waals surface area contributed by atoms with E-state index >= 15 is 0 Å². The van der Waals surface area contributed by atoms with Gasteiger partial charge in [0.2, 0.25) is 0 Å². The molecular formula is C10H17NO4. The van der Waals surface area contributed by atoms with Crippen LogP contribution >= 0.6 is 0 Å². The molecule has 0 aromatic heterocycles. The standard InChI is InChI=1S/C8H15N.C2H2O4/c1-2-4-8(3-1)5-6-9-7-8;3-1(4)2(5)6/h9H,1-7H2;(H,3,4)(H,5,6). The van der Waals surface area contributed by atoms with E-state index in [4.69, 9.17) is 19.8 Å². The number of carboxylic acids is 2. The van der Waals surface area contributed by atoms with E-state index in [0.29, 0.717) is 0 Å². The molecule has 86 valence electrons. The number of rotatable bonds is 0. The molecule has 2 rings (SSSR count). The average molecular weight is 215 g/mol. The molecule has 2 aliphatic rings. The van der Waals surface area contributed by atoms with E-state index in [2.05, 4.69) is 5.32 Å². The minimum absolute atomic E-state index is 0.778. The quantitative estimate of drug-likeness (QED) is 0.518. The molecule has 0 amide bonds. The van der Waals surface area contributed by atoms with Gasteiger partial charge in [-0.1, -0.05) is 12.8 Å². The first-order valence-electron chi connectivity index (χ1n) is 5.23. The summed E-state index contributed by atoms with van der Waals surface area (Å²) in [5, 5.41) is 18.2. The highest BCUT2D eigenvalue weighted by molar-refractivity contribution is 6.27. The molecule has 5 heteroatoms. The molecule has 15 heavy (non-hydrogen) atoms. The summed E-state index contributed by atoms with van der Waals surface area (Å²) in [7, 11) is 0. The normalized spacial score (nSPS) is 22.1. The molecule has 3 N–H and O–H groups in total. The minimum Gasteiger partial charge on any atom is -0.473 e. The fourth-order valence-corrected chi connectivity index (χ4v) is 2.35. The Bertz CT molecular complexity index is 210. The van der Waals surface area contributed by atoms with Gasteiger partial charge in [-0.3, -0.25) is 0 Å². The molecule has 1 spiro atoms. The summed E-state index contributed by atoms with van der Waals surface area (Å²) in [6.07, 6.45) is 7.43. The highest BCUT2D eigenvalue weighted by atomic mass is 16.4. The molecule has 1 aliphatic carbocycles. The van der Waals surface area contributed by atoms with E-state index in [1.807, 2.05) is 0 Å². The number of aliphatic carboxylic acids is 2. The fraction of sp³-hybridized carbons (Fsp3) is 0.800. The zero-order chi connectivity index (χ0) is 11.3. The summed E-state index contributed by atoms with van der Waals surface area (Å²) >= 11 is 0. The van der Waals surface area contributed by atoms with Gasteiger partial charge >= 0.3 is 11.9 Å². The van der Waals surface area contributed by atoms with Gasteiger partial charge < -0.3 is 15.5 Å². The monoisotopic (exact) mass is 215 g/mol. The Kier molecular flexibility index (Phi) is 4.08. The van der Waals surface area contributed by atoms with Crippen LogP contribution in [0.15, 0.2) is 0 Å². The summed E-state index contributed by atoms with van der Waals surface area (Å²) in [5.41, 5.74) is 0.778. The van der Waals surface area contributed by atoms with Gasteiger partial charge in [-0.2, -0.15) is 0 Å². The summed E-state index contributed by atoms with van der Waals surface area (Å²) in [6, 6.07) is 0. The Morgan fingerprint density at radius 1 is 1.00 bits per heavy atom. The first-order chi connectivity index (χ1) is 7.06. The van der Waals surface area contributed by atoms with Crippen molar-refractivity contribution in [3.8, 4) is 0 Å². The van der Waals surface area contributed by atoms with Crippen molar-refractivity contribution in [1.29, 1.82) is 0 Å². The Balaban J connectivity index is 0.000000167. The number of hydrogen-bond acceptors (Lipinski definition) is 3. The molecule has 1 saturated heterocycles. The lowest BCUT2D eigenvalue weighted by Crippen LogP contribution is -2.19. The number of carbonyl (C=O) groups is 2. The van der Waals surface area contributed by atoms with Crippen molar-refractivity contribution in [3.63, 3.8) is 0 Å². The van der Waals surface area contributed by atoms with E-state index in [1.165, 1.54) is 45.2 Å². The molecule has 0 unspecified atom stereocenters. The summed E-state index contributed by atoms with van der Waals surface area (Å²) in [6.45, 7) is 2.59. The van der Waals surface area contributed by atoms with Gasteiger partial charge in [-0.15, -0.1) is 0 Å². The molecule has 0 atom stereocenters.